The summed E-state index contributed by atoms with van der Waals surface area (Å²) in [5, 5.41) is 3.65. The Labute approximate surface area is 167 Å². The Hall–Kier alpha value is -2.65. The Balaban J connectivity index is 0.00000261. The van der Waals surface area contributed by atoms with Crippen molar-refractivity contribution in [3.63, 3.8) is 0 Å². The van der Waals surface area contributed by atoms with Gasteiger partial charge in [0.15, 0.2) is 0 Å². The summed E-state index contributed by atoms with van der Waals surface area (Å²) in [5.41, 5.74) is 3.60. The quantitative estimate of drug-likeness (QED) is 0.524. The lowest BCUT2D eigenvalue weighted by molar-refractivity contribution is 0.340. The molecule has 0 aliphatic rings. The van der Waals surface area contributed by atoms with E-state index in [0.717, 1.165) is 23.6 Å². The van der Waals surface area contributed by atoms with Crippen LogP contribution in [0.5, 0.6) is 11.5 Å². The maximum absolute atomic E-state index is 5.53. The SMILES string of the molecule is CCOc1ccc(NC(Cc2ccccc2)c2ccc(OC)cc2)cc1.Cl. The summed E-state index contributed by atoms with van der Waals surface area (Å²) in [6, 6.07) is 27.1. The first kappa shape index (κ1) is 20.7. The molecule has 3 nitrogen and oxygen atoms in total. The second-order valence-corrected chi connectivity index (χ2v) is 6.12. The lowest BCUT2D eigenvalue weighted by Crippen LogP contribution is -2.13. The monoisotopic (exact) mass is 383 g/mol. The number of hydrogen-bond acceptors (Lipinski definition) is 3. The van der Waals surface area contributed by atoms with Crippen LogP contribution in [0.15, 0.2) is 78.9 Å². The van der Waals surface area contributed by atoms with Gasteiger partial charge in [0.05, 0.1) is 19.8 Å². The molecule has 142 valence electrons. The Morgan fingerprint density at radius 1 is 0.815 bits per heavy atom. The highest BCUT2D eigenvalue weighted by Crippen LogP contribution is 2.26. The number of ether oxygens (including phenoxy) is 2. The van der Waals surface area contributed by atoms with E-state index < -0.39 is 0 Å². The van der Waals surface area contributed by atoms with Gasteiger partial charge < -0.3 is 14.8 Å². The van der Waals surface area contributed by atoms with Crippen molar-refractivity contribution >= 4 is 18.1 Å². The number of hydrogen-bond donors (Lipinski definition) is 1. The predicted octanol–water partition coefficient (Wildman–Crippen LogP) is 5.91. The molecule has 3 rings (SSSR count). The molecule has 27 heavy (non-hydrogen) atoms. The molecule has 0 fully saturated rings. The summed E-state index contributed by atoms with van der Waals surface area (Å²) < 4.78 is 10.8. The molecule has 0 spiro atoms. The number of halogens is 1. The first-order chi connectivity index (χ1) is 12.8. The van der Waals surface area contributed by atoms with Gasteiger partial charge in [0.2, 0.25) is 0 Å². The van der Waals surface area contributed by atoms with Crippen molar-refractivity contribution in [1.82, 2.24) is 0 Å². The van der Waals surface area contributed by atoms with E-state index in [1.165, 1.54) is 11.1 Å². The van der Waals surface area contributed by atoms with E-state index in [1.54, 1.807) is 7.11 Å². The summed E-state index contributed by atoms with van der Waals surface area (Å²) >= 11 is 0. The number of benzene rings is 3. The molecule has 0 aliphatic heterocycles. The molecule has 1 unspecified atom stereocenters. The van der Waals surface area contributed by atoms with Crippen molar-refractivity contribution in [3.8, 4) is 11.5 Å². The van der Waals surface area contributed by atoms with E-state index >= 15 is 0 Å². The van der Waals surface area contributed by atoms with Crippen LogP contribution in [0.2, 0.25) is 0 Å². The minimum absolute atomic E-state index is 0. The van der Waals surface area contributed by atoms with E-state index in [-0.39, 0.29) is 18.4 Å². The zero-order chi connectivity index (χ0) is 18.2. The van der Waals surface area contributed by atoms with Gasteiger partial charge >= 0.3 is 0 Å². The highest BCUT2D eigenvalue weighted by molar-refractivity contribution is 5.85. The van der Waals surface area contributed by atoms with Gasteiger partial charge in [0.1, 0.15) is 11.5 Å². The van der Waals surface area contributed by atoms with Crippen LogP contribution in [0.1, 0.15) is 24.1 Å². The molecule has 0 saturated heterocycles. The molecule has 4 heteroatoms. The molecule has 1 atom stereocenters. The normalized spacial score (nSPS) is 11.2. The highest BCUT2D eigenvalue weighted by Gasteiger charge is 2.13. The van der Waals surface area contributed by atoms with Crippen molar-refractivity contribution in [2.24, 2.45) is 0 Å². The minimum atomic E-state index is 0. The summed E-state index contributed by atoms with van der Waals surface area (Å²) in [7, 11) is 1.69. The summed E-state index contributed by atoms with van der Waals surface area (Å²) in [4.78, 5) is 0. The third-order valence-electron chi connectivity index (χ3n) is 4.31. The second-order valence-electron chi connectivity index (χ2n) is 6.12. The molecule has 0 aliphatic carbocycles. The van der Waals surface area contributed by atoms with Crippen molar-refractivity contribution in [3.05, 3.63) is 90.0 Å². The minimum Gasteiger partial charge on any atom is -0.497 e. The fraction of sp³-hybridized carbons (Fsp3) is 0.217. The van der Waals surface area contributed by atoms with Crippen LogP contribution in [0.4, 0.5) is 5.69 Å². The van der Waals surface area contributed by atoms with E-state index in [1.807, 2.05) is 37.3 Å². The van der Waals surface area contributed by atoms with Gasteiger partial charge in [0, 0.05) is 5.69 Å². The van der Waals surface area contributed by atoms with Crippen molar-refractivity contribution < 1.29 is 9.47 Å². The van der Waals surface area contributed by atoms with Gasteiger partial charge in [-0.1, -0.05) is 42.5 Å². The van der Waals surface area contributed by atoms with Crippen LogP contribution in [0.3, 0.4) is 0 Å². The van der Waals surface area contributed by atoms with Crippen LogP contribution in [0, 0.1) is 0 Å². The zero-order valence-corrected chi connectivity index (χ0v) is 16.5. The van der Waals surface area contributed by atoms with E-state index in [9.17, 15) is 0 Å². The molecule has 0 amide bonds. The Bertz CT molecular complexity index is 789. The van der Waals surface area contributed by atoms with Crippen LogP contribution >= 0.6 is 12.4 Å². The molecule has 3 aromatic rings. The first-order valence-electron chi connectivity index (χ1n) is 8.95. The number of nitrogens with one attached hydrogen (secondary N) is 1. The molecule has 3 aromatic carbocycles. The third-order valence-corrected chi connectivity index (χ3v) is 4.31. The van der Waals surface area contributed by atoms with Gasteiger partial charge in [-0.3, -0.25) is 0 Å². The average molecular weight is 384 g/mol. The first-order valence-corrected chi connectivity index (χ1v) is 8.95. The molecule has 0 saturated carbocycles. The highest BCUT2D eigenvalue weighted by atomic mass is 35.5. The molecule has 0 aromatic heterocycles. The lowest BCUT2D eigenvalue weighted by Gasteiger charge is -2.21. The maximum Gasteiger partial charge on any atom is 0.119 e. The molecular formula is C23H26ClNO2. The second kappa shape index (κ2) is 10.5. The van der Waals surface area contributed by atoms with Gasteiger partial charge in [0.25, 0.3) is 0 Å². The van der Waals surface area contributed by atoms with Crippen LogP contribution in [0.25, 0.3) is 0 Å². The maximum atomic E-state index is 5.53. The topological polar surface area (TPSA) is 30.5 Å². The summed E-state index contributed by atoms with van der Waals surface area (Å²) in [5.74, 6) is 1.76. The molecule has 0 bridgehead atoms. The summed E-state index contributed by atoms with van der Waals surface area (Å²) in [6.45, 7) is 2.67. The Morgan fingerprint density at radius 3 is 2.04 bits per heavy atom. The van der Waals surface area contributed by atoms with Gasteiger partial charge in [-0.05, 0) is 60.9 Å². The standard InChI is InChI=1S/C23H25NO2.ClH/c1-3-26-22-15-11-20(12-16-22)24-23(17-18-7-5-4-6-8-18)19-9-13-21(25-2)14-10-19;/h4-16,23-24H,3,17H2,1-2H3;1H. The van der Waals surface area contributed by atoms with Gasteiger partial charge in [-0.2, -0.15) is 0 Å². The predicted molar refractivity (Wildman–Crippen MR) is 114 cm³/mol. The molecule has 1 N–H and O–H groups in total. The van der Waals surface area contributed by atoms with E-state index in [4.69, 9.17) is 9.47 Å². The van der Waals surface area contributed by atoms with Gasteiger partial charge in [-0.15, -0.1) is 12.4 Å². The fourth-order valence-electron chi connectivity index (χ4n) is 2.95. The van der Waals surface area contributed by atoms with Crippen LogP contribution < -0.4 is 14.8 Å². The number of rotatable bonds is 8. The zero-order valence-electron chi connectivity index (χ0n) is 15.7. The fourth-order valence-corrected chi connectivity index (χ4v) is 2.95. The molecule has 0 heterocycles. The number of anilines is 1. The van der Waals surface area contributed by atoms with Gasteiger partial charge in [-0.25, -0.2) is 0 Å². The van der Waals surface area contributed by atoms with Crippen LogP contribution in [-0.4, -0.2) is 13.7 Å². The van der Waals surface area contributed by atoms with Crippen molar-refractivity contribution in [2.45, 2.75) is 19.4 Å². The third kappa shape index (κ3) is 5.93. The lowest BCUT2D eigenvalue weighted by atomic mass is 9.98. The molecule has 0 radical (unpaired) electrons. The van der Waals surface area contributed by atoms with E-state index in [0.29, 0.717) is 6.61 Å². The smallest absolute Gasteiger partial charge is 0.119 e. The molecular weight excluding hydrogens is 358 g/mol. The van der Waals surface area contributed by atoms with Crippen LogP contribution in [-0.2, 0) is 6.42 Å². The Kier molecular flexibility index (Phi) is 8.02. The van der Waals surface area contributed by atoms with E-state index in [2.05, 4.69) is 53.8 Å². The Morgan fingerprint density at radius 2 is 1.44 bits per heavy atom. The number of methoxy groups -OCH3 is 1. The van der Waals surface area contributed by atoms with Crippen molar-refractivity contribution in [1.29, 1.82) is 0 Å². The average Bonchev–Trinajstić information content (AvgIpc) is 2.70. The summed E-state index contributed by atoms with van der Waals surface area (Å²) in [6.07, 6.45) is 0.903. The largest absolute Gasteiger partial charge is 0.497 e. The van der Waals surface area contributed by atoms with Crippen molar-refractivity contribution in [2.75, 3.05) is 19.0 Å².